The lowest BCUT2D eigenvalue weighted by Gasteiger charge is -2.16. The highest BCUT2D eigenvalue weighted by Gasteiger charge is 2.19. The molecule has 0 bridgehead atoms. The van der Waals surface area contributed by atoms with Crippen LogP contribution in [-0.4, -0.2) is 43.5 Å². The standard InChI is InChI=1S/C23H33N5O4/c1-4-6-7-8-12-24-22-25-20-19(21(30)26-23(31)27(20)3)28(22)14-17(29)15-32-18-11-9-10-16(5-2)13-18/h9-11,13,17,29H,4-8,12,14-15H2,1-3H3,(H,24,25)(H,26,30,31). The summed E-state index contributed by atoms with van der Waals surface area (Å²) in [5, 5.41) is 13.9. The molecule has 0 fully saturated rings. The second-order valence-electron chi connectivity index (χ2n) is 7.99. The van der Waals surface area contributed by atoms with E-state index in [0.717, 1.165) is 37.7 Å². The Morgan fingerprint density at radius 1 is 1.22 bits per heavy atom. The van der Waals surface area contributed by atoms with Crippen molar-refractivity contribution < 1.29 is 9.84 Å². The first-order valence-corrected chi connectivity index (χ1v) is 11.3. The number of fused-ring (bicyclic) bond motifs is 1. The number of nitrogens with one attached hydrogen (secondary N) is 2. The predicted octanol–water partition coefficient (Wildman–Crippen LogP) is 2.42. The van der Waals surface area contributed by atoms with Crippen LogP contribution in [0.15, 0.2) is 33.9 Å². The van der Waals surface area contributed by atoms with Crippen molar-refractivity contribution in [2.45, 2.75) is 58.6 Å². The Bertz CT molecular complexity index is 1150. The van der Waals surface area contributed by atoms with Gasteiger partial charge in [0.1, 0.15) is 18.5 Å². The molecule has 2 aromatic heterocycles. The maximum Gasteiger partial charge on any atom is 0.329 e. The summed E-state index contributed by atoms with van der Waals surface area (Å²) in [7, 11) is 1.56. The van der Waals surface area contributed by atoms with Crippen LogP contribution in [0.4, 0.5) is 5.95 Å². The van der Waals surface area contributed by atoms with E-state index in [1.807, 2.05) is 24.3 Å². The molecule has 0 spiro atoms. The Balaban J connectivity index is 1.80. The van der Waals surface area contributed by atoms with Gasteiger partial charge in [-0.2, -0.15) is 4.98 Å². The fourth-order valence-electron chi connectivity index (χ4n) is 3.61. The number of aromatic nitrogens is 4. The number of rotatable bonds is 12. The molecule has 3 aromatic rings. The third-order valence-corrected chi connectivity index (χ3v) is 5.46. The largest absolute Gasteiger partial charge is 0.491 e. The van der Waals surface area contributed by atoms with Crippen molar-refractivity contribution in [1.29, 1.82) is 0 Å². The molecule has 1 unspecified atom stereocenters. The Morgan fingerprint density at radius 3 is 2.78 bits per heavy atom. The summed E-state index contributed by atoms with van der Waals surface area (Å²) in [6.45, 7) is 5.07. The average molecular weight is 444 g/mol. The zero-order chi connectivity index (χ0) is 23.1. The van der Waals surface area contributed by atoms with Crippen molar-refractivity contribution >= 4 is 17.1 Å². The molecule has 174 valence electrons. The van der Waals surface area contributed by atoms with Gasteiger partial charge in [0.25, 0.3) is 5.56 Å². The molecule has 9 nitrogen and oxygen atoms in total. The molecular formula is C23H33N5O4. The number of aromatic amines is 1. The summed E-state index contributed by atoms with van der Waals surface area (Å²) in [6.07, 6.45) is 4.37. The van der Waals surface area contributed by atoms with Gasteiger partial charge in [0.15, 0.2) is 11.2 Å². The zero-order valence-electron chi connectivity index (χ0n) is 19.1. The van der Waals surface area contributed by atoms with Crippen LogP contribution in [0.25, 0.3) is 11.2 Å². The number of hydrogen-bond acceptors (Lipinski definition) is 6. The lowest BCUT2D eigenvalue weighted by Crippen LogP contribution is -2.31. The van der Waals surface area contributed by atoms with Crippen molar-refractivity contribution in [3.8, 4) is 5.75 Å². The smallest absolute Gasteiger partial charge is 0.329 e. The van der Waals surface area contributed by atoms with Crippen LogP contribution in [0.1, 0.15) is 45.1 Å². The molecule has 2 heterocycles. The van der Waals surface area contributed by atoms with E-state index >= 15 is 0 Å². The van der Waals surface area contributed by atoms with Crippen LogP contribution in [0.5, 0.6) is 5.75 Å². The molecule has 32 heavy (non-hydrogen) atoms. The Labute approximate surface area is 187 Å². The Morgan fingerprint density at radius 2 is 2.03 bits per heavy atom. The second-order valence-corrected chi connectivity index (χ2v) is 7.99. The minimum atomic E-state index is -0.880. The number of benzene rings is 1. The van der Waals surface area contributed by atoms with Gasteiger partial charge in [-0.25, -0.2) is 4.79 Å². The fourth-order valence-corrected chi connectivity index (χ4v) is 3.61. The first-order chi connectivity index (χ1) is 15.4. The van der Waals surface area contributed by atoms with Crippen LogP contribution < -0.4 is 21.3 Å². The van der Waals surface area contributed by atoms with Crippen LogP contribution in [-0.2, 0) is 20.0 Å². The summed E-state index contributed by atoms with van der Waals surface area (Å²) in [6, 6.07) is 7.74. The van der Waals surface area contributed by atoms with Crippen molar-refractivity contribution in [2.75, 3.05) is 18.5 Å². The molecule has 0 saturated heterocycles. The Hall–Kier alpha value is -3.07. The molecule has 0 aliphatic carbocycles. The number of aryl methyl sites for hydroxylation is 2. The molecule has 3 rings (SSSR count). The van der Waals surface area contributed by atoms with E-state index in [9.17, 15) is 14.7 Å². The number of hydrogen-bond donors (Lipinski definition) is 3. The summed E-state index contributed by atoms with van der Waals surface area (Å²) in [4.78, 5) is 31.4. The number of nitrogens with zero attached hydrogens (tertiary/aromatic N) is 3. The van der Waals surface area contributed by atoms with Crippen molar-refractivity contribution in [2.24, 2.45) is 7.05 Å². The SMILES string of the molecule is CCCCCCNc1nc2c(c(=O)[nH]c(=O)n2C)n1CC(O)COc1cccc(CC)c1. The average Bonchev–Trinajstić information content (AvgIpc) is 3.14. The molecule has 1 aromatic carbocycles. The normalized spacial score (nSPS) is 12.2. The lowest BCUT2D eigenvalue weighted by atomic mass is 10.2. The van der Waals surface area contributed by atoms with E-state index in [1.54, 1.807) is 11.6 Å². The van der Waals surface area contributed by atoms with Crippen LogP contribution in [0.3, 0.4) is 0 Å². The highest BCUT2D eigenvalue weighted by Crippen LogP contribution is 2.18. The summed E-state index contributed by atoms with van der Waals surface area (Å²) in [5.41, 5.74) is 0.619. The van der Waals surface area contributed by atoms with Crippen molar-refractivity contribution in [3.05, 3.63) is 50.7 Å². The van der Waals surface area contributed by atoms with E-state index in [1.165, 1.54) is 4.57 Å². The number of H-pyrrole nitrogens is 1. The number of aliphatic hydroxyl groups is 1. The van der Waals surface area contributed by atoms with Gasteiger partial charge in [-0.05, 0) is 30.5 Å². The first-order valence-electron chi connectivity index (χ1n) is 11.3. The van der Waals surface area contributed by atoms with E-state index in [-0.39, 0.29) is 24.3 Å². The maximum absolute atomic E-state index is 12.6. The monoisotopic (exact) mass is 443 g/mol. The molecule has 0 aliphatic rings. The molecule has 0 aliphatic heterocycles. The van der Waals surface area contributed by atoms with Crippen molar-refractivity contribution in [3.63, 3.8) is 0 Å². The molecule has 3 N–H and O–H groups in total. The quantitative estimate of drug-likeness (QED) is 0.371. The zero-order valence-corrected chi connectivity index (χ0v) is 19.1. The number of imidazole rings is 1. The minimum absolute atomic E-state index is 0.0620. The Kier molecular flexibility index (Phi) is 8.10. The highest BCUT2D eigenvalue weighted by atomic mass is 16.5. The van der Waals surface area contributed by atoms with Gasteiger partial charge in [0.2, 0.25) is 5.95 Å². The molecule has 0 amide bonds. The molecular weight excluding hydrogens is 410 g/mol. The predicted molar refractivity (Wildman–Crippen MR) is 126 cm³/mol. The van der Waals surface area contributed by atoms with Crippen LogP contribution in [0.2, 0.25) is 0 Å². The number of aliphatic hydroxyl groups excluding tert-OH is 1. The lowest BCUT2D eigenvalue weighted by molar-refractivity contribution is 0.0938. The highest BCUT2D eigenvalue weighted by molar-refractivity contribution is 5.74. The van der Waals surface area contributed by atoms with Crippen LogP contribution >= 0.6 is 0 Å². The first kappa shape index (κ1) is 23.6. The maximum atomic E-state index is 12.6. The van der Waals surface area contributed by atoms with Gasteiger partial charge in [-0.1, -0.05) is 45.2 Å². The van der Waals surface area contributed by atoms with E-state index in [0.29, 0.717) is 18.2 Å². The van der Waals surface area contributed by atoms with Gasteiger partial charge in [0.05, 0.1) is 6.54 Å². The second kappa shape index (κ2) is 11.0. The van der Waals surface area contributed by atoms with Gasteiger partial charge in [-0.3, -0.25) is 14.3 Å². The minimum Gasteiger partial charge on any atom is -0.491 e. The van der Waals surface area contributed by atoms with Gasteiger partial charge >= 0.3 is 5.69 Å². The van der Waals surface area contributed by atoms with Crippen LogP contribution in [0, 0.1) is 0 Å². The van der Waals surface area contributed by atoms with Gasteiger partial charge in [0, 0.05) is 13.6 Å². The van der Waals surface area contributed by atoms with Crippen molar-refractivity contribution in [1.82, 2.24) is 19.1 Å². The summed E-state index contributed by atoms with van der Waals surface area (Å²) >= 11 is 0. The third kappa shape index (κ3) is 5.59. The molecule has 9 heteroatoms. The number of unbranched alkanes of at least 4 members (excludes halogenated alkanes) is 3. The number of ether oxygens (including phenoxy) is 1. The van der Waals surface area contributed by atoms with E-state index in [4.69, 9.17) is 4.74 Å². The topological polar surface area (TPSA) is 114 Å². The van der Waals surface area contributed by atoms with Gasteiger partial charge < -0.3 is 19.7 Å². The third-order valence-electron chi connectivity index (χ3n) is 5.46. The summed E-state index contributed by atoms with van der Waals surface area (Å²) in [5.74, 6) is 1.14. The van der Waals surface area contributed by atoms with Gasteiger partial charge in [-0.15, -0.1) is 0 Å². The van der Waals surface area contributed by atoms with E-state index in [2.05, 4.69) is 29.1 Å². The molecule has 0 radical (unpaired) electrons. The molecule has 1 atom stereocenters. The fraction of sp³-hybridized carbons (Fsp3) is 0.522. The summed E-state index contributed by atoms with van der Waals surface area (Å²) < 4.78 is 8.69. The number of anilines is 1. The molecule has 0 saturated carbocycles. The van der Waals surface area contributed by atoms with E-state index < -0.39 is 17.4 Å².